The molecule has 0 unspecified atom stereocenters. The molecule has 0 radical (unpaired) electrons. The minimum Gasteiger partial charge on any atom is -0.312 e. The second-order valence-electron chi connectivity index (χ2n) is 4.36. The van der Waals surface area contributed by atoms with Gasteiger partial charge in [-0.25, -0.2) is 8.42 Å². The Labute approximate surface area is 119 Å². The van der Waals surface area contributed by atoms with Crippen molar-refractivity contribution in [2.75, 3.05) is 25.4 Å². The molecule has 7 heteroatoms. The molecule has 0 saturated carbocycles. The Hall–Kier alpha value is -0.140. The first-order valence-electron chi connectivity index (χ1n) is 5.81. The van der Waals surface area contributed by atoms with Gasteiger partial charge < -0.3 is 5.32 Å². The number of halogens is 1. The molecule has 1 N–H and O–H groups in total. The molecule has 1 aliphatic rings. The highest BCUT2D eigenvalue weighted by molar-refractivity contribution is 7.89. The number of hydrogen-bond acceptors (Lipinski definition) is 4. The highest BCUT2D eigenvalue weighted by atomic mass is 35.5. The first kappa shape index (κ1) is 15.9. The van der Waals surface area contributed by atoms with Crippen molar-refractivity contribution in [2.45, 2.75) is 19.4 Å². The van der Waals surface area contributed by atoms with Gasteiger partial charge in [0.25, 0.3) is 0 Å². The lowest BCUT2D eigenvalue weighted by atomic mass is 10.3. The lowest BCUT2D eigenvalue weighted by Crippen LogP contribution is -2.51. The van der Waals surface area contributed by atoms with Gasteiger partial charge in [-0.2, -0.15) is 4.31 Å². The van der Waals surface area contributed by atoms with Gasteiger partial charge in [-0.3, -0.25) is 0 Å². The van der Waals surface area contributed by atoms with E-state index < -0.39 is 10.0 Å². The smallest absolute Gasteiger partial charge is 0.214 e. The zero-order chi connectivity index (χ0) is 12.3. The number of piperazine rings is 1. The summed E-state index contributed by atoms with van der Waals surface area (Å²) >= 11 is 1.62. The molecule has 104 valence electrons. The average molecular weight is 311 g/mol. The van der Waals surface area contributed by atoms with Gasteiger partial charge in [-0.15, -0.1) is 23.7 Å². The molecule has 2 rings (SSSR count). The third kappa shape index (κ3) is 4.20. The van der Waals surface area contributed by atoms with Gasteiger partial charge in [0.2, 0.25) is 10.0 Å². The van der Waals surface area contributed by atoms with Crippen LogP contribution in [0.3, 0.4) is 0 Å². The topological polar surface area (TPSA) is 49.4 Å². The van der Waals surface area contributed by atoms with Crippen LogP contribution in [0.15, 0.2) is 17.5 Å². The number of aryl methyl sites for hydroxylation is 1. The van der Waals surface area contributed by atoms with Crippen LogP contribution in [0.2, 0.25) is 0 Å². The Balaban J connectivity index is 0.00000162. The molecule has 1 aromatic heterocycles. The van der Waals surface area contributed by atoms with E-state index in [2.05, 4.69) is 5.32 Å². The van der Waals surface area contributed by atoms with Crippen molar-refractivity contribution in [2.24, 2.45) is 0 Å². The molecule has 1 fully saturated rings. The molecule has 1 atom stereocenters. The van der Waals surface area contributed by atoms with Crippen molar-refractivity contribution in [3.8, 4) is 0 Å². The summed E-state index contributed by atoms with van der Waals surface area (Å²) in [6, 6.07) is 4.19. The van der Waals surface area contributed by atoms with Crippen molar-refractivity contribution in [1.29, 1.82) is 0 Å². The maximum absolute atomic E-state index is 12.1. The standard InChI is InChI=1S/C11H18N2O2S2.ClH/c1-10-9-13(6-5-12-10)17(14,15)8-4-11-3-2-7-16-11;/h2-3,7,10,12H,4-6,8-9H2,1H3;1H/t10-;/m1./s1. The number of sulfonamides is 1. The fourth-order valence-electron chi connectivity index (χ4n) is 1.96. The van der Waals surface area contributed by atoms with Crippen molar-refractivity contribution in [3.63, 3.8) is 0 Å². The summed E-state index contributed by atoms with van der Waals surface area (Å²) in [5.74, 6) is 0.222. The van der Waals surface area contributed by atoms with E-state index in [1.165, 1.54) is 0 Å². The Bertz CT molecular complexity index is 448. The Kier molecular flexibility index (Phi) is 6.07. The Morgan fingerprint density at radius 2 is 2.33 bits per heavy atom. The molecule has 0 aliphatic carbocycles. The maximum atomic E-state index is 12.1. The van der Waals surface area contributed by atoms with E-state index in [0.717, 1.165) is 11.4 Å². The number of hydrogen-bond donors (Lipinski definition) is 1. The van der Waals surface area contributed by atoms with Gasteiger partial charge in [0.05, 0.1) is 5.75 Å². The average Bonchev–Trinajstić information content (AvgIpc) is 2.79. The molecule has 4 nitrogen and oxygen atoms in total. The van der Waals surface area contributed by atoms with E-state index >= 15 is 0 Å². The predicted molar refractivity (Wildman–Crippen MR) is 78.1 cm³/mol. The van der Waals surface area contributed by atoms with Crippen molar-refractivity contribution < 1.29 is 8.42 Å². The van der Waals surface area contributed by atoms with E-state index in [0.29, 0.717) is 19.5 Å². The third-order valence-corrected chi connectivity index (χ3v) is 5.69. The van der Waals surface area contributed by atoms with Crippen molar-refractivity contribution >= 4 is 33.8 Å². The van der Waals surface area contributed by atoms with Crippen LogP contribution in [0, 0.1) is 0 Å². The number of nitrogens with zero attached hydrogens (tertiary/aromatic N) is 1. The number of nitrogens with one attached hydrogen (secondary N) is 1. The highest BCUT2D eigenvalue weighted by Gasteiger charge is 2.26. The Morgan fingerprint density at radius 3 is 2.94 bits per heavy atom. The van der Waals surface area contributed by atoms with Crippen LogP contribution in [-0.2, 0) is 16.4 Å². The SMILES string of the molecule is C[C@@H]1CN(S(=O)(=O)CCc2cccs2)CCN1.Cl. The minimum absolute atomic E-state index is 0. The summed E-state index contributed by atoms with van der Waals surface area (Å²) in [5, 5.41) is 5.23. The zero-order valence-corrected chi connectivity index (χ0v) is 12.8. The first-order valence-corrected chi connectivity index (χ1v) is 8.30. The van der Waals surface area contributed by atoms with Gasteiger partial charge in [-0.05, 0) is 24.8 Å². The number of thiophene rings is 1. The summed E-state index contributed by atoms with van der Waals surface area (Å²) in [4.78, 5) is 1.14. The highest BCUT2D eigenvalue weighted by Crippen LogP contribution is 2.13. The molecule has 1 aliphatic heterocycles. The number of rotatable bonds is 4. The second kappa shape index (κ2) is 6.86. The fraction of sp³-hybridized carbons (Fsp3) is 0.636. The predicted octanol–water partition coefficient (Wildman–Crippen LogP) is 1.34. The van der Waals surface area contributed by atoms with Gasteiger partial charge >= 0.3 is 0 Å². The third-order valence-electron chi connectivity index (χ3n) is 2.91. The summed E-state index contributed by atoms with van der Waals surface area (Å²) in [7, 11) is -3.09. The van der Waals surface area contributed by atoms with Crippen LogP contribution in [0.1, 0.15) is 11.8 Å². The molecule has 0 bridgehead atoms. The van der Waals surface area contributed by atoms with Crippen molar-refractivity contribution in [1.82, 2.24) is 9.62 Å². The molecular weight excluding hydrogens is 292 g/mol. The Morgan fingerprint density at radius 1 is 1.56 bits per heavy atom. The van der Waals surface area contributed by atoms with Crippen molar-refractivity contribution in [3.05, 3.63) is 22.4 Å². The van der Waals surface area contributed by atoms with Gasteiger partial charge in [0.15, 0.2) is 0 Å². The summed E-state index contributed by atoms with van der Waals surface area (Å²) in [5.41, 5.74) is 0. The largest absolute Gasteiger partial charge is 0.312 e. The van der Waals surface area contributed by atoms with Crippen LogP contribution in [0.4, 0.5) is 0 Å². The van der Waals surface area contributed by atoms with E-state index in [4.69, 9.17) is 0 Å². The molecule has 1 saturated heterocycles. The zero-order valence-electron chi connectivity index (χ0n) is 10.3. The minimum atomic E-state index is -3.09. The lowest BCUT2D eigenvalue weighted by Gasteiger charge is -2.30. The molecule has 18 heavy (non-hydrogen) atoms. The molecule has 0 aromatic carbocycles. The van der Waals surface area contributed by atoms with Crippen LogP contribution in [-0.4, -0.2) is 44.2 Å². The molecule has 2 heterocycles. The van der Waals surface area contributed by atoms with E-state index in [-0.39, 0.29) is 24.2 Å². The maximum Gasteiger partial charge on any atom is 0.214 e. The second-order valence-corrected chi connectivity index (χ2v) is 7.48. The molecule has 1 aromatic rings. The first-order chi connectivity index (χ1) is 8.08. The van der Waals surface area contributed by atoms with Gasteiger partial charge in [-0.1, -0.05) is 6.07 Å². The van der Waals surface area contributed by atoms with Crippen LogP contribution >= 0.6 is 23.7 Å². The molecule has 0 spiro atoms. The molecule has 0 amide bonds. The van der Waals surface area contributed by atoms with E-state index in [9.17, 15) is 8.42 Å². The monoisotopic (exact) mass is 310 g/mol. The fourth-order valence-corrected chi connectivity index (χ4v) is 4.36. The van der Waals surface area contributed by atoms with E-state index in [1.807, 2.05) is 24.4 Å². The quantitative estimate of drug-likeness (QED) is 0.913. The van der Waals surface area contributed by atoms with Gasteiger partial charge in [0.1, 0.15) is 0 Å². The summed E-state index contributed by atoms with van der Waals surface area (Å²) < 4.78 is 25.9. The molecular formula is C11H19ClN2O2S2. The summed E-state index contributed by atoms with van der Waals surface area (Å²) in [6.07, 6.45) is 0.623. The van der Waals surface area contributed by atoms with Crippen LogP contribution in [0.25, 0.3) is 0 Å². The lowest BCUT2D eigenvalue weighted by molar-refractivity contribution is 0.310. The van der Waals surface area contributed by atoms with Crippen LogP contribution in [0.5, 0.6) is 0 Å². The van der Waals surface area contributed by atoms with Gasteiger partial charge in [0, 0.05) is 30.6 Å². The normalized spacial score (nSPS) is 21.5. The van der Waals surface area contributed by atoms with E-state index in [1.54, 1.807) is 15.6 Å². The summed E-state index contributed by atoms with van der Waals surface area (Å²) in [6.45, 7) is 3.95. The van der Waals surface area contributed by atoms with Crippen LogP contribution < -0.4 is 5.32 Å².